The summed E-state index contributed by atoms with van der Waals surface area (Å²) in [5.41, 5.74) is -0.0153. The molecule has 1 heterocycles. The third-order valence-electron chi connectivity index (χ3n) is 2.31. The van der Waals surface area contributed by atoms with Crippen molar-refractivity contribution in [3.8, 4) is 11.5 Å². The van der Waals surface area contributed by atoms with Crippen LogP contribution in [0.3, 0.4) is 0 Å². The quantitative estimate of drug-likeness (QED) is 0.911. The first-order valence-electron chi connectivity index (χ1n) is 5.31. The second kappa shape index (κ2) is 5.16. The van der Waals surface area contributed by atoms with Crippen LogP contribution in [0.1, 0.15) is 10.4 Å². The molecule has 0 aliphatic carbocycles. The van der Waals surface area contributed by atoms with E-state index in [-0.39, 0.29) is 22.9 Å². The van der Waals surface area contributed by atoms with Gasteiger partial charge in [0.2, 0.25) is 0 Å². The summed E-state index contributed by atoms with van der Waals surface area (Å²) in [6.07, 6.45) is -4.47. The molecule has 4 nitrogen and oxygen atoms in total. The molecule has 0 unspecified atom stereocenters. The molecule has 0 fully saturated rings. The molecule has 0 bridgehead atoms. The van der Waals surface area contributed by atoms with Crippen LogP contribution in [0.25, 0.3) is 0 Å². The van der Waals surface area contributed by atoms with Gasteiger partial charge in [-0.1, -0.05) is 11.6 Å². The van der Waals surface area contributed by atoms with Gasteiger partial charge < -0.3 is 14.8 Å². The van der Waals surface area contributed by atoms with Crippen LogP contribution in [0.2, 0.25) is 5.02 Å². The summed E-state index contributed by atoms with van der Waals surface area (Å²) in [5.74, 6) is -0.340. The molecule has 104 valence electrons. The topological polar surface area (TPSA) is 47.6 Å². The minimum Gasteiger partial charge on any atom is -0.486 e. The summed E-state index contributed by atoms with van der Waals surface area (Å²) in [7, 11) is 0. The molecule has 1 amide bonds. The Bertz CT molecular complexity index is 505. The summed E-state index contributed by atoms with van der Waals surface area (Å²) < 4.78 is 46.5. The molecule has 0 aromatic heterocycles. The fourth-order valence-electron chi connectivity index (χ4n) is 1.52. The lowest BCUT2D eigenvalue weighted by Crippen LogP contribution is -2.33. The molecule has 0 saturated heterocycles. The van der Waals surface area contributed by atoms with Gasteiger partial charge in [0, 0.05) is 5.56 Å². The third kappa shape index (κ3) is 3.44. The largest absolute Gasteiger partial charge is 0.486 e. The lowest BCUT2D eigenvalue weighted by Gasteiger charge is -2.20. The fourth-order valence-corrected chi connectivity index (χ4v) is 1.79. The van der Waals surface area contributed by atoms with E-state index in [0.29, 0.717) is 12.4 Å². The monoisotopic (exact) mass is 295 g/mol. The molecule has 0 radical (unpaired) electrons. The molecule has 0 spiro atoms. The first kappa shape index (κ1) is 13.8. The zero-order valence-corrected chi connectivity index (χ0v) is 10.3. The molecule has 8 heteroatoms. The number of carbonyl (C=O) groups excluding carboxylic acids is 1. The highest BCUT2D eigenvalue weighted by Gasteiger charge is 2.28. The number of rotatable bonds is 2. The van der Waals surface area contributed by atoms with Crippen molar-refractivity contribution in [3.05, 3.63) is 22.7 Å². The number of fused-ring (bicyclic) bond motifs is 1. The molecule has 19 heavy (non-hydrogen) atoms. The normalized spacial score (nSPS) is 14.1. The van der Waals surface area contributed by atoms with Gasteiger partial charge in [-0.05, 0) is 12.1 Å². The van der Waals surface area contributed by atoms with Gasteiger partial charge in [0.1, 0.15) is 19.8 Å². The van der Waals surface area contributed by atoms with Gasteiger partial charge >= 0.3 is 6.18 Å². The van der Waals surface area contributed by atoms with Gasteiger partial charge in [0.15, 0.2) is 11.5 Å². The molecular weight excluding hydrogens is 287 g/mol. The number of carbonyl (C=O) groups is 1. The van der Waals surface area contributed by atoms with Crippen LogP contribution < -0.4 is 14.8 Å². The average molecular weight is 296 g/mol. The number of alkyl halides is 3. The van der Waals surface area contributed by atoms with E-state index in [1.165, 1.54) is 12.1 Å². The summed E-state index contributed by atoms with van der Waals surface area (Å²) in [6.45, 7) is -0.790. The van der Waals surface area contributed by atoms with Crippen molar-refractivity contribution in [2.45, 2.75) is 6.18 Å². The van der Waals surface area contributed by atoms with E-state index in [2.05, 4.69) is 0 Å². The molecule has 1 aromatic carbocycles. The van der Waals surface area contributed by atoms with E-state index in [0.717, 1.165) is 0 Å². The Kier molecular flexibility index (Phi) is 3.75. The fraction of sp³-hybridized carbons (Fsp3) is 0.364. The third-order valence-corrected chi connectivity index (χ3v) is 2.59. The van der Waals surface area contributed by atoms with Gasteiger partial charge in [0.05, 0.1) is 5.02 Å². The predicted molar refractivity (Wildman–Crippen MR) is 60.8 cm³/mol. The van der Waals surface area contributed by atoms with E-state index in [1.807, 2.05) is 0 Å². The number of halogens is 4. The first-order valence-corrected chi connectivity index (χ1v) is 5.69. The lowest BCUT2D eigenvalue weighted by atomic mass is 10.2. The van der Waals surface area contributed by atoms with Crippen LogP contribution in [0.15, 0.2) is 12.1 Å². The van der Waals surface area contributed by atoms with Gasteiger partial charge in [-0.2, -0.15) is 13.2 Å². The van der Waals surface area contributed by atoms with Crippen molar-refractivity contribution in [1.82, 2.24) is 5.32 Å². The van der Waals surface area contributed by atoms with Crippen molar-refractivity contribution in [1.29, 1.82) is 0 Å². The Labute approximate surface area is 111 Å². The molecule has 1 N–H and O–H groups in total. The van der Waals surface area contributed by atoms with Gasteiger partial charge in [-0.15, -0.1) is 0 Å². The molecule has 0 atom stereocenters. The molecular formula is C11H9ClF3NO3. The summed E-state index contributed by atoms with van der Waals surface area (Å²) in [6, 6.07) is 2.53. The summed E-state index contributed by atoms with van der Waals surface area (Å²) in [5, 5.41) is 1.87. The molecule has 1 aliphatic rings. The van der Waals surface area contributed by atoms with Crippen molar-refractivity contribution in [2.75, 3.05) is 19.8 Å². The number of nitrogens with one attached hydrogen (secondary N) is 1. The Morgan fingerprint density at radius 1 is 1.32 bits per heavy atom. The lowest BCUT2D eigenvalue weighted by molar-refractivity contribution is -0.123. The first-order chi connectivity index (χ1) is 8.87. The van der Waals surface area contributed by atoms with Gasteiger partial charge in [0.25, 0.3) is 5.91 Å². The van der Waals surface area contributed by atoms with Crippen LogP contribution in [0.5, 0.6) is 11.5 Å². The second-order valence-corrected chi connectivity index (χ2v) is 4.19. The zero-order valence-electron chi connectivity index (χ0n) is 9.51. The minimum atomic E-state index is -4.47. The number of hydrogen-bond acceptors (Lipinski definition) is 3. The summed E-state index contributed by atoms with van der Waals surface area (Å²) in [4.78, 5) is 11.6. The van der Waals surface area contributed by atoms with Crippen molar-refractivity contribution in [2.24, 2.45) is 0 Å². The van der Waals surface area contributed by atoms with E-state index in [4.69, 9.17) is 21.1 Å². The van der Waals surface area contributed by atoms with E-state index in [9.17, 15) is 18.0 Å². The molecule has 1 aromatic rings. The van der Waals surface area contributed by atoms with Crippen LogP contribution in [0, 0.1) is 0 Å². The smallest absolute Gasteiger partial charge is 0.405 e. The maximum atomic E-state index is 12.0. The van der Waals surface area contributed by atoms with Crippen molar-refractivity contribution >= 4 is 17.5 Å². The second-order valence-electron chi connectivity index (χ2n) is 3.78. The molecule has 2 rings (SSSR count). The molecule has 0 saturated carbocycles. The zero-order chi connectivity index (χ0) is 14.0. The molecule has 1 aliphatic heterocycles. The van der Waals surface area contributed by atoms with Crippen LogP contribution in [-0.2, 0) is 0 Å². The van der Waals surface area contributed by atoms with Gasteiger partial charge in [-0.3, -0.25) is 4.79 Å². The standard InChI is InChI=1S/C11H9ClF3NO3/c12-7-3-6(10(17)16-5-11(13,14)15)4-8-9(7)19-2-1-18-8/h3-4H,1-2,5H2,(H,16,17). The Balaban J connectivity index is 2.16. The van der Waals surface area contributed by atoms with Crippen LogP contribution in [-0.4, -0.2) is 31.8 Å². The maximum absolute atomic E-state index is 12.0. The van der Waals surface area contributed by atoms with E-state index < -0.39 is 18.6 Å². The van der Waals surface area contributed by atoms with Crippen molar-refractivity contribution in [3.63, 3.8) is 0 Å². The predicted octanol–water partition coefficient (Wildman–Crippen LogP) is 2.40. The highest BCUT2D eigenvalue weighted by atomic mass is 35.5. The number of ether oxygens (including phenoxy) is 2. The van der Waals surface area contributed by atoms with Gasteiger partial charge in [-0.25, -0.2) is 0 Å². The van der Waals surface area contributed by atoms with Crippen LogP contribution in [0.4, 0.5) is 13.2 Å². The SMILES string of the molecule is O=C(NCC(F)(F)F)c1cc(Cl)c2c(c1)OCCO2. The maximum Gasteiger partial charge on any atom is 0.405 e. The Morgan fingerprint density at radius 2 is 2.00 bits per heavy atom. The number of hydrogen-bond donors (Lipinski definition) is 1. The number of amides is 1. The highest BCUT2D eigenvalue weighted by Crippen LogP contribution is 2.38. The van der Waals surface area contributed by atoms with E-state index in [1.54, 1.807) is 5.32 Å². The van der Waals surface area contributed by atoms with E-state index >= 15 is 0 Å². The number of benzene rings is 1. The average Bonchev–Trinajstić information content (AvgIpc) is 2.35. The van der Waals surface area contributed by atoms with Crippen LogP contribution >= 0.6 is 11.6 Å². The highest BCUT2D eigenvalue weighted by molar-refractivity contribution is 6.32. The Morgan fingerprint density at radius 3 is 2.68 bits per heavy atom. The minimum absolute atomic E-state index is 0.0153. The Hall–Kier alpha value is -1.63. The summed E-state index contributed by atoms with van der Waals surface area (Å²) >= 11 is 5.87. The van der Waals surface area contributed by atoms with Crippen molar-refractivity contribution < 1.29 is 27.4 Å².